The zero-order valence-electron chi connectivity index (χ0n) is 9.28. The van der Waals surface area contributed by atoms with Gasteiger partial charge in [0.2, 0.25) is 0 Å². The molecule has 1 aromatic rings. The Labute approximate surface area is 90.5 Å². The van der Waals surface area contributed by atoms with Crippen molar-refractivity contribution >= 4 is 5.78 Å². The van der Waals surface area contributed by atoms with Crippen LogP contribution in [0.1, 0.15) is 43.1 Å². The summed E-state index contributed by atoms with van der Waals surface area (Å²) in [5.41, 5.74) is 6.11. The van der Waals surface area contributed by atoms with E-state index < -0.39 is 0 Å². The second kappa shape index (κ2) is 6.35. The summed E-state index contributed by atoms with van der Waals surface area (Å²) in [5.74, 6) is 0.175. The van der Waals surface area contributed by atoms with Crippen LogP contribution in [0.3, 0.4) is 0 Å². The highest BCUT2D eigenvalue weighted by atomic mass is 16.1. The standard InChI is InChI=1S/C11H19N3O/c1-2-9-14-10(6-8-13-14)11(15)5-3-4-7-12/h6,8H,2-5,7,9,12H2,1H3. The summed E-state index contributed by atoms with van der Waals surface area (Å²) in [6.07, 6.45) is 5.03. The van der Waals surface area contributed by atoms with Crippen molar-refractivity contribution in [1.82, 2.24) is 9.78 Å². The van der Waals surface area contributed by atoms with Gasteiger partial charge in [-0.05, 0) is 31.9 Å². The van der Waals surface area contributed by atoms with Gasteiger partial charge >= 0.3 is 0 Å². The van der Waals surface area contributed by atoms with Crippen LogP contribution in [0.4, 0.5) is 0 Å². The smallest absolute Gasteiger partial charge is 0.180 e. The van der Waals surface area contributed by atoms with Crippen LogP contribution < -0.4 is 5.73 Å². The lowest BCUT2D eigenvalue weighted by Crippen LogP contribution is -2.11. The summed E-state index contributed by atoms with van der Waals surface area (Å²) < 4.78 is 1.78. The molecule has 0 aromatic carbocycles. The molecule has 0 spiro atoms. The van der Waals surface area contributed by atoms with Crippen molar-refractivity contribution in [2.75, 3.05) is 6.54 Å². The van der Waals surface area contributed by atoms with Gasteiger partial charge < -0.3 is 5.73 Å². The fourth-order valence-corrected chi connectivity index (χ4v) is 1.52. The second-order valence-electron chi connectivity index (χ2n) is 3.61. The van der Waals surface area contributed by atoms with Gasteiger partial charge in [0.15, 0.2) is 5.78 Å². The molecule has 1 rings (SSSR count). The van der Waals surface area contributed by atoms with Crippen molar-refractivity contribution in [1.29, 1.82) is 0 Å². The van der Waals surface area contributed by atoms with E-state index in [0.717, 1.165) is 31.5 Å². The fourth-order valence-electron chi connectivity index (χ4n) is 1.52. The van der Waals surface area contributed by atoms with E-state index >= 15 is 0 Å². The third-order valence-corrected chi connectivity index (χ3v) is 2.30. The molecule has 0 aliphatic rings. The Bertz CT molecular complexity index is 307. The molecule has 0 saturated carbocycles. The van der Waals surface area contributed by atoms with Crippen LogP contribution in [0.15, 0.2) is 12.3 Å². The maximum absolute atomic E-state index is 11.8. The predicted octanol–water partition coefficient (Wildman–Crippen LogP) is 1.60. The molecule has 0 saturated heterocycles. The molecular weight excluding hydrogens is 190 g/mol. The molecule has 1 aromatic heterocycles. The number of aromatic nitrogens is 2. The number of ketones is 1. The molecule has 15 heavy (non-hydrogen) atoms. The van der Waals surface area contributed by atoms with E-state index in [9.17, 15) is 4.79 Å². The number of carbonyl (C=O) groups excluding carboxylic acids is 1. The number of carbonyl (C=O) groups is 1. The molecule has 84 valence electrons. The number of hydrogen-bond acceptors (Lipinski definition) is 3. The molecule has 0 unspecified atom stereocenters. The van der Waals surface area contributed by atoms with E-state index in [-0.39, 0.29) is 5.78 Å². The highest BCUT2D eigenvalue weighted by Gasteiger charge is 2.10. The average Bonchev–Trinajstić information content (AvgIpc) is 2.67. The van der Waals surface area contributed by atoms with E-state index in [1.54, 1.807) is 16.9 Å². The molecule has 4 heteroatoms. The van der Waals surface area contributed by atoms with E-state index in [1.807, 2.05) is 0 Å². The lowest BCUT2D eigenvalue weighted by atomic mass is 10.1. The highest BCUT2D eigenvalue weighted by molar-refractivity contribution is 5.94. The van der Waals surface area contributed by atoms with Crippen LogP contribution in [0, 0.1) is 0 Å². The van der Waals surface area contributed by atoms with Gasteiger partial charge in [0.25, 0.3) is 0 Å². The second-order valence-corrected chi connectivity index (χ2v) is 3.61. The molecule has 0 aliphatic heterocycles. The Morgan fingerprint density at radius 3 is 3.00 bits per heavy atom. The Morgan fingerprint density at radius 2 is 2.33 bits per heavy atom. The molecule has 0 radical (unpaired) electrons. The largest absolute Gasteiger partial charge is 0.330 e. The van der Waals surface area contributed by atoms with Crippen LogP contribution >= 0.6 is 0 Å². The van der Waals surface area contributed by atoms with Gasteiger partial charge in [0.05, 0.1) is 0 Å². The Kier molecular flexibility index (Phi) is 5.04. The number of hydrogen-bond donors (Lipinski definition) is 1. The first-order chi connectivity index (χ1) is 7.29. The van der Waals surface area contributed by atoms with Crippen molar-refractivity contribution < 1.29 is 4.79 Å². The first kappa shape index (κ1) is 11.9. The van der Waals surface area contributed by atoms with Crippen molar-refractivity contribution in [3.05, 3.63) is 18.0 Å². The molecule has 1 heterocycles. The topological polar surface area (TPSA) is 60.9 Å². The molecule has 2 N–H and O–H groups in total. The summed E-state index contributed by atoms with van der Waals surface area (Å²) in [4.78, 5) is 11.8. The van der Waals surface area contributed by atoms with E-state index in [1.165, 1.54) is 0 Å². The van der Waals surface area contributed by atoms with Crippen LogP contribution in [-0.2, 0) is 6.54 Å². The summed E-state index contributed by atoms with van der Waals surface area (Å²) in [5, 5.41) is 4.13. The lowest BCUT2D eigenvalue weighted by molar-refractivity contribution is 0.0969. The zero-order chi connectivity index (χ0) is 11.1. The molecule has 0 bridgehead atoms. The van der Waals surface area contributed by atoms with Crippen molar-refractivity contribution in [2.24, 2.45) is 5.73 Å². The molecule has 0 fully saturated rings. The minimum Gasteiger partial charge on any atom is -0.330 e. The van der Waals surface area contributed by atoms with Gasteiger partial charge in [0.1, 0.15) is 5.69 Å². The molecular formula is C11H19N3O. The van der Waals surface area contributed by atoms with Gasteiger partial charge in [-0.2, -0.15) is 5.10 Å². The van der Waals surface area contributed by atoms with Crippen LogP contribution in [-0.4, -0.2) is 22.1 Å². The quantitative estimate of drug-likeness (QED) is 0.548. The van der Waals surface area contributed by atoms with Crippen LogP contribution in [0.2, 0.25) is 0 Å². The molecule has 0 amide bonds. The SMILES string of the molecule is CCCn1nccc1C(=O)CCCCN. The van der Waals surface area contributed by atoms with Gasteiger partial charge in [-0.25, -0.2) is 0 Å². The first-order valence-electron chi connectivity index (χ1n) is 5.54. The van der Waals surface area contributed by atoms with Crippen LogP contribution in [0.25, 0.3) is 0 Å². The Balaban J connectivity index is 2.53. The normalized spacial score (nSPS) is 10.5. The molecule has 0 atom stereocenters. The highest BCUT2D eigenvalue weighted by Crippen LogP contribution is 2.07. The first-order valence-corrected chi connectivity index (χ1v) is 5.54. The molecule has 4 nitrogen and oxygen atoms in total. The van der Waals surface area contributed by atoms with Gasteiger partial charge in [-0.15, -0.1) is 0 Å². The number of nitrogens with two attached hydrogens (primary N) is 1. The minimum atomic E-state index is 0.175. The van der Waals surface area contributed by atoms with Crippen molar-refractivity contribution in [2.45, 2.75) is 39.2 Å². The van der Waals surface area contributed by atoms with E-state index in [0.29, 0.717) is 13.0 Å². The van der Waals surface area contributed by atoms with Gasteiger partial charge in [-0.3, -0.25) is 9.48 Å². The Morgan fingerprint density at radius 1 is 1.53 bits per heavy atom. The maximum atomic E-state index is 11.8. The average molecular weight is 209 g/mol. The number of unbranched alkanes of at least 4 members (excludes halogenated alkanes) is 1. The predicted molar refractivity (Wildman–Crippen MR) is 59.8 cm³/mol. The minimum absolute atomic E-state index is 0.175. The van der Waals surface area contributed by atoms with Gasteiger partial charge in [0, 0.05) is 19.2 Å². The summed E-state index contributed by atoms with van der Waals surface area (Å²) in [7, 11) is 0. The van der Waals surface area contributed by atoms with E-state index in [2.05, 4.69) is 12.0 Å². The Hall–Kier alpha value is -1.16. The van der Waals surface area contributed by atoms with E-state index in [4.69, 9.17) is 5.73 Å². The summed E-state index contributed by atoms with van der Waals surface area (Å²) in [6.45, 7) is 3.54. The number of rotatable bonds is 7. The third kappa shape index (κ3) is 3.47. The zero-order valence-corrected chi connectivity index (χ0v) is 9.28. The fraction of sp³-hybridized carbons (Fsp3) is 0.636. The van der Waals surface area contributed by atoms with Crippen molar-refractivity contribution in [3.8, 4) is 0 Å². The van der Waals surface area contributed by atoms with Crippen LogP contribution in [0.5, 0.6) is 0 Å². The third-order valence-electron chi connectivity index (χ3n) is 2.30. The number of Topliss-reactive ketones (excluding diaryl/α,β-unsaturated/α-hetero) is 1. The van der Waals surface area contributed by atoms with Gasteiger partial charge in [-0.1, -0.05) is 6.92 Å². The summed E-state index contributed by atoms with van der Waals surface area (Å²) in [6, 6.07) is 1.79. The van der Waals surface area contributed by atoms with Crippen molar-refractivity contribution in [3.63, 3.8) is 0 Å². The maximum Gasteiger partial charge on any atom is 0.180 e. The lowest BCUT2D eigenvalue weighted by Gasteiger charge is -2.04. The molecule has 0 aliphatic carbocycles. The monoisotopic (exact) mass is 209 g/mol. The summed E-state index contributed by atoms with van der Waals surface area (Å²) >= 11 is 0. The number of nitrogens with zero attached hydrogens (tertiary/aromatic N) is 2. The number of aryl methyl sites for hydroxylation is 1.